The molecule has 0 radical (unpaired) electrons. The van der Waals surface area contributed by atoms with E-state index in [1.54, 1.807) is 13.3 Å². The highest BCUT2D eigenvalue weighted by atomic mass is 35.5. The van der Waals surface area contributed by atoms with Gasteiger partial charge in [0.15, 0.2) is 0 Å². The number of pyridine rings is 1. The Morgan fingerprint density at radius 2 is 2.37 bits per heavy atom. The van der Waals surface area contributed by atoms with E-state index in [9.17, 15) is 5.11 Å². The predicted octanol–water partition coefficient (Wildman–Crippen LogP) is 2.35. The van der Waals surface area contributed by atoms with Crippen LogP contribution in [0.2, 0.25) is 5.02 Å². The first-order valence-corrected chi connectivity index (χ1v) is 7.03. The molecule has 19 heavy (non-hydrogen) atoms. The van der Waals surface area contributed by atoms with Crippen LogP contribution in [0.25, 0.3) is 0 Å². The average molecular weight is 285 g/mol. The van der Waals surface area contributed by atoms with Crippen LogP contribution in [0, 0.1) is 5.41 Å². The Morgan fingerprint density at radius 3 is 3.00 bits per heavy atom. The van der Waals surface area contributed by atoms with Crippen molar-refractivity contribution in [2.45, 2.75) is 19.3 Å². The minimum atomic E-state index is -0.0738. The van der Waals surface area contributed by atoms with Crippen LogP contribution in [0.1, 0.15) is 19.3 Å². The van der Waals surface area contributed by atoms with E-state index in [1.807, 2.05) is 12.1 Å². The van der Waals surface area contributed by atoms with Gasteiger partial charge in [-0.3, -0.25) is 0 Å². The number of aliphatic hydroxyl groups is 1. The van der Waals surface area contributed by atoms with Crippen LogP contribution in [0.15, 0.2) is 18.3 Å². The van der Waals surface area contributed by atoms with Gasteiger partial charge in [-0.15, -0.1) is 0 Å². The lowest BCUT2D eigenvalue weighted by Crippen LogP contribution is -2.46. The largest absolute Gasteiger partial charge is 0.396 e. The van der Waals surface area contributed by atoms with Crippen molar-refractivity contribution in [2.24, 2.45) is 5.41 Å². The summed E-state index contributed by atoms with van der Waals surface area (Å²) in [5, 5.41) is 10.4. The van der Waals surface area contributed by atoms with Gasteiger partial charge in [0, 0.05) is 38.4 Å². The molecule has 0 spiro atoms. The molecule has 2 heterocycles. The van der Waals surface area contributed by atoms with Gasteiger partial charge in [0.1, 0.15) is 5.82 Å². The monoisotopic (exact) mass is 284 g/mol. The standard InChI is InChI=1S/C14H21ClN2O2/c1-19-8-6-14(11-18)5-2-7-17(10-14)13-4-3-12(15)9-16-13/h3-4,9,18H,2,5-8,10-11H2,1H3/t14-/m0/s1. The summed E-state index contributed by atoms with van der Waals surface area (Å²) < 4.78 is 5.17. The molecule has 1 aliphatic heterocycles. The lowest BCUT2D eigenvalue weighted by atomic mass is 9.78. The number of hydrogen-bond donors (Lipinski definition) is 1. The molecule has 0 amide bonds. The van der Waals surface area contributed by atoms with E-state index in [2.05, 4.69) is 9.88 Å². The Balaban J connectivity index is 2.08. The highest BCUT2D eigenvalue weighted by Crippen LogP contribution is 2.34. The number of hydrogen-bond acceptors (Lipinski definition) is 4. The van der Waals surface area contributed by atoms with E-state index in [0.717, 1.165) is 38.2 Å². The van der Waals surface area contributed by atoms with Gasteiger partial charge in [-0.05, 0) is 31.4 Å². The third-order valence-corrected chi connectivity index (χ3v) is 4.09. The third-order valence-electron chi connectivity index (χ3n) is 3.87. The lowest BCUT2D eigenvalue weighted by Gasteiger charge is -2.42. The fourth-order valence-electron chi connectivity index (χ4n) is 2.69. The molecule has 5 heteroatoms. The zero-order valence-electron chi connectivity index (χ0n) is 11.3. The molecule has 0 aliphatic carbocycles. The van der Waals surface area contributed by atoms with Gasteiger partial charge in [0.05, 0.1) is 11.6 Å². The van der Waals surface area contributed by atoms with Crippen LogP contribution in [-0.2, 0) is 4.74 Å². The van der Waals surface area contributed by atoms with Crippen molar-refractivity contribution >= 4 is 17.4 Å². The van der Waals surface area contributed by atoms with E-state index in [0.29, 0.717) is 11.6 Å². The number of ether oxygens (including phenoxy) is 1. The summed E-state index contributed by atoms with van der Waals surface area (Å²) in [5.41, 5.74) is -0.0738. The second kappa shape index (κ2) is 6.55. The summed E-state index contributed by atoms with van der Waals surface area (Å²) in [7, 11) is 1.70. The number of piperidine rings is 1. The van der Waals surface area contributed by atoms with Crippen molar-refractivity contribution < 1.29 is 9.84 Å². The molecule has 1 fully saturated rings. The summed E-state index contributed by atoms with van der Waals surface area (Å²) in [4.78, 5) is 6.59. The van der Waals surface area contributed by atoms with Crippen LogP contribution >= 0.6 is 11.6 Å². The topological polar surface area (TPSA) is 45.6 Å². The van der Waals surface area contributed by atoms with Gasteiger partial charge in [-0.2, -0.15) is 0 Å². The van der Waals surface area contributed by atoms with Gasteiger partial charge in [-0.1, -0.05) is 11.6 Å². The maximum absolute atomic E-state index is 9.75. The first-order chi connectivity index (χ1) is 9.19. The van der Waals surface area contributed by atoms with E-state index < -0.39 is 0 Å². The van der Waals surface area contributed by atoms with Crippen LogP contribution in [0.3, 0.4) is 0 Å². The zero-order valence-corrected chi connectivity index (χ0v) is 12.1. The molecule has 0 saturated carbocycles. The molecule has 0 bridgehead atoms. The first-order valence-electron chi connectivity index (χ1n) is 6.65. The van der Waals surface area contributed by atoms with Crippen molar-refractivity contribution in [3.63, 3.8) is 0 Å². The van der Waals surface area contributed by atoms with Crippen molar-refractivity contribution in [1.29, 1.82) is 0 Å². The summed E-state index contributed by atoms with van der Waals surface area (Å²) in [6.45, 7) is 2.67. The van der Waals surface area contributed by atoms with E-state index in [-0.39, 0.29) is 12.0 Å². The lowest BCUT2D eigenvalue weighted by molar-refractivity contribution is 0.0624. The van der Waals surface area contributed by atoms with Gasteiger partial charge < -0.3 is 14.7 Å². The minimum Gasteiger partial charge on any atom is -0.396 e. The Hall–Kier alpha value is -0.840. The normalized spacial score (nSPS) is 23.6. The fraction of sp³-hybridized carbons (Fsp3) is 0.643. The summed E-state index contributed by atoms with van der Waals surface area (Å²) >= 11 is 5.86. The molecule has 1 aromatic rings. The van der Waals surface area contributed by atoms with Crippen LogP contribution in [0.5, 0.6) is 0 Å². The summed E-state index contributed by atoms with van der Waals surface area (Å²) in [6, 6.07) is 3.79. The summed E-state index contributed by atoms with van der Waals surface area (Å²) in [6.07, 6.45) is 4.65. The molecule has 0 aromatic carbocycles. The smallest absolute Gasteiger partial charge is 0.128 e. The van der Waals surface area contributed by atoms with E-state index in [1.165, 1.54) is 0 Å². The molecule has 0 unspecified atom stereocenters. The van der Waals surface area contributed by atoms with Crippen molar-refractivity contribution in [1.82, 2.24) is 4.98 Å². The Morgan fingerprint density at radius 1 is 1.53 bits per heavy atom. The molecule has 1 aliphatic rings. The van der Waals surface area contributed by atoms with Crippen molar-refractivity contribution in [2.75, 3.05) is 38.3 Å². The molecule has 1 aromatic heterocycles. The molecule has 106 valence electrons. The second-order valence-electron chi connectivity index (χ2n) is 5.26. The number of anilines is 1. The molecule has 1 saturated heterocycles. The molecular weight excluding hydrogens is 264 g/mol. The number of halogens is 1. The highest BCUT2D eigenvalue weighted by molar-refractivity contribution is 6.30. The molecule has 1 N–H and O–H groups in total. The minimum absolute atomic E-state index is 0.0738. The zero-order chi connectivity index (χ0) is 13.7. The Labute approximate surface area is 119 Å². The second-order valence-corrected chi connectivity index (χ2v) is 5.70. The maximum Gasteiger partial charge on any atom is 0.128 e. The first kappa shape index (κ1) is 14.6. The number of aromatic nitrogens is 1. The molecular formula is C14H21ClN2O2. The van der Waals surface area contributed by atoms with Crippen molar-refractivity contribution in [3.8, 4) is 0 Å². The summed E-state index contributed by atoms with van der Waals surface area (Å²) in [5.74, 6) is 0.930. The molecule has 1 atom stereocenters. The van der Waals surface area contributed by atoms with Gasteiger partial charge in [-0.25, -0.2) is 4.98 Å². The SMILES string of the molecule is COCC[C@@]1(CO)CCCN(c2ccc(Cl)cn2)C1. The van der Waals surface area contributed by atoms with Crippen LogP contribution in [-0.4, -0.2) is 43.5 Å². The Bertz CT molecular complexity index is 399. The quantitative estimate of drug-likeness (QED) is 0.902. The van der Waals surface area contributed by atoms with Crippen LogP contribution < -0.4 is 4.90 Å². The van der Waals surface area contributed by atoms with Gasteiger partial charge in [0.2, 0.25) is 0 Å². The molecule has 4 nitrogen and oxygen atoms in total. The number of aliphatic hydroxyl groups excluding tert-OH is 1. The van der Waals surface area contributed by atoms with E-state index >= 15 is 0 Å². The Kier molecular flexibility index (Phi) is 5.02. The number of nitrogens with zero attached hydrogens (tertiary/aromatic N) is 2. The number of methoxy groups -OCH3 is 1. The highest BCUT2D eigenvalue weighted by Gasteiger charge is 2.35. The van der Waals surface area contributed by atoms with Gasteiger partial charge >= 0.3 is 0 Å². The van der Waals surface area contributed by atoms with Crippen LogP contribution in [0.4, 0.5) is 5.82 Å². The van der Waals surface area contributed by atoms with E-state index in [4.69, 9.17) is 16.3 Å². The molecule has 2 rings (SSSR count). The maximum atomic E-state index is 9.75. The average Bonchev–Trinajstić information content (AvgIpc) is 2.46. The van der Waals surface area contributed by atoms with Crippen molar-refractivity contribution in [3.05, 3.63) is 23.4 Å². The third kappa shape index (κ3) is 3.59. The predicted molar refractivity (Wildman–Crippen MR) is 76.7 cm³/mol. The van der Waals surface area contributed by atoms with Gasteiger partial charge in [0.25, 0.3) is 0 Å². The number of rotatable bonds is 5. The fourth-order valence-corrected chi connectivity index (χ4v) is 2.80.